The maximum atomic E-state index is 13.0. The van der Waals surface area contributed by atoms with E-state index < -0.39 is 0 Å². The zero-order valence-corrected chi connectivity index (χ0v) is 9.01. The van der Waals surface area contributed by atoms with Crippen LogP contribution in [0.4, 0.5) is 4.39 Å². The van der Waals surface area contributed by atoms with Gasteiger partial charge < -0.3 is 4.74 Å². The molecule has 0 aliphatic rings. The van der Waals surface area contributed by atoms with Crippen molar-refractivity contribution < 1.29 is 9.13 Å². The molecule has 2 aromatic rings. The number of fused-ring (bicyclic) bond motifs is 1. The van der Waals surface area contributed by atoms with Crippen LogP contribution in [0.1, 0.15) is 0 Å². The van der Waals surface area contributed by atoms with Gasteiger partial charge in [-0.05, 0) is 28.1 Å². The molecular formula is C10H7BrFNO. The lowest BCUT2D eigenvalue weighted by atomic mass is 10.2. The van der Waals surface area contributed by atoms with E-state index in [0.29, 0.717) is 15.7 Å². The molecule has 14 heavy (non-hydrogen) atoms. The second-order valence-corrected chi connectivity index (χ2v) is 3.65. The Morgan fingerprint density at radius 3 is 2.93 bits per heavy atom. The summed E-state index contributed by atoms with van der Waals surface area (Å²) >= 11 is 3.28. The van der Waals surface area contributed by atoms with Gasteiger partial charge in [-0.3, -0.25) is 4.98 Å². The predicted molar refractivity (Wildman–Crippen MR) is 56.0 cm³/mol. The SMILES string of the molecule is COc1ccnc2cc(F)cc(Br)c12. The lowest BCUT2D eigenvalue weighted by molar-refractivity contribution is 0.419. The molecular weight excluding hydrogens is 249 g/mol. The highest BCUT2D eigenvalue weighted by Gasteiger charge is 2.07. The summed E-state index contributed by atoms with van der Waals surface area (Å²) in [5, 5.41) is 0.788. The van der Waals surface area contributed by atoms with Gasteiger partial charge in [0.15, 0.2) is 0 Å². The molecule has 72 valence electrons. The first kappa shape index (κ1) is 9.40. The first-order valence-electron chi connectivity index (χ1n) is 4.00. The summed E-state index contributed by atoms with van der Waals surface area (Å²) in [4.78, 5) is 4.06. The molecule has 1 heterocycles. The van der Waals surface area contributed by atoms with Gasteiger partial charge in [-0.25, -0.2) is 4.39 Å². The van der Waals surface area contributed by atoms with E-state index >= 15 is 0 Å². The molecule has 2 rings (SSSR count). The fourth-order valence-corrected chi connectivity index (χ4v) is 1.96. The monoisotopic (exact) mass is 255 g/mol. The minimum atomic E-state index is -0.315. The minimum Gasteiger partial charge on any atom is -0.496 e. The van der Waals surface area contributed by atoms with Crippen molar-refractivity contribution in [2.24, 2.45) is 0 Å². The van der Waals surface area contributed by atoms with E-state index in [1.165, 1.54) is 12.1 Å². The average molecular weight is 256 g/mol. The Balaban J connectivity index is 2.87. The third-order valence-electron chi connectivity index (χ3n) is 1.94. The van der Waals surface area contributed by atoms with Crippen molar-refractivity contribution in [3.8, 4) is 5.75 Å². The summed E-state index contributed by atoms with van der Waals surface area (Å²) < 4.78 is 18.8. The van der Waals surface area contributed by atoms with Crippen molar-refractivity contribution in [3.63, 3.8) is 0 Å². The molecule has 0 aliphatic heterocycles. The number of hydrogen-bond donors (Lipinski definition) is 0. The molecule has 0 radical (unpaired) electrons. The quantitative estimate of drug-likeness (QED) is 0.781. The maximum absolute atomic E-state index is 13.0. The molecule has 1 aromatic heterocycles. The highest BCUT2D eigenvalue weighted by molar-refractivity contribution is 9.10. The fourth-order valence-electron chi connectivity index (χ4n) is 1.34. The first-order chi connectivity index (χ1) is 6.72. The van der Waals surface area contributed by atoms with Gasteiger partial charge in [0.25, 0.3) is 0 Å². The number of hydrogen-bond acceptors (Lipinski definition) is 2. The zero-order valence-electron chi connectivity index (χ0n) is 7.42. The maximum Gasteiger partial charge on any atom is 0.130 e. The summed E-state index contributed by atoms with van der Waals surface area (Å²) in [5.74, 6) is 0.368. The summed E-state index contributed by atoms with van der Waals surface area (Å²) in [6.07, 6.45) is 1.59. The Kier molecular flexibility index (Phi) is 2.37. The third kappa shape index (κ3) is 1.46. The standard InChI is InChI=1S/C10H7BrFNO/c1-14-9-2-3-13-8-5-6(12)4-7(11)10(8)9/h2-5H,1H3. The number of benzene rings is 1. The smallest absolute Gasteiger partial charge is 0.130 e. The van der Waals surface area contributed by atoms with Gasteiger partial charge in [-0.15, -0.1) is 0 Å². The van der Waals surface area contributed by atoms with Gasteiger partial charge >= 0.3 is 0 Å². The number of methoxy groups -OCH3 is 1. The Morgan fingerprint density at radius 2 is 2.21 bits per heavy atom. The second-order valence-electron chi connectivity index (χ2n) is 2.79. The molecule has 0 aliphatic carbocycles. The fraction of sp³-hybridized carbons (Fsp3) is 0.100. The van der Waals surface area contributed by atoms with Gasteiger partial charge in [0, 0.05) is 16.7 Å². The summed E-state index contributed by atoms with van der Waals surface area (Å²) in [6, 6.07) is 4.51. The second kappa shape index (κ2) is 3.53. The molecule has 0 amide bonds. The van der Waals surface area contributed by atoms with Crippen LogP contribution in [-0.2, 0) is 0 Å². The van der Waals surface area contributed by atoms with Crippen LogP contribution in [0.2, 0.25) is 0 Å². The van der Waals surface area contributed by atoms with Crippen molar-refractivity contribution in [2.45, 2.75) is 0 Å². The molecule has 0 saturated carbocycles. The van der Waals surface area contributed by atoms with Crippen LogP contribution in [0, 0.1) is 5.82 Å². The van der Waals surface area contributed by atoms with E-state index in [0.717, 1.165) is 5.39 Å². The Labute approximate surface area is 88.8 Å². The molecule has 4 heteroatoms. The molecule has 0 fully saturated rings. The van der Waals surface area contributed by atoms with Crippen molar-refractivity contribution in [1.29, 1.82) is 0 Å². The summed E-state index contributed by atoms with van der Waals surface area (Å²) in [6.45, 7) is 0. The third-order valence-corrected chi connectivity index (χ3v) is 2.57. The molecule has 2 nitrogen and oxygen atoms in total. The number of ether oxygens (including phenoxy) is 1. The van der Waals surface area contributed by atoms with Crippen LogP contribution in [0.25, 0.3) is 10.9 Å². The van der Waals surface area contributed by atoms with Crippen LogP contribution in [0.5, 0.6) is 5.75 Å². The Morgan fingerprint density at radius 1 is 1.43 bits per heavy atom. The number of pyridine rings is 1. The lowest BCUT2D eigenvalue weighted by Gasteiger charge is -2.06. The van der Waals surface area contributed by atoms with Gasteiger partial charge in [-0.2, -0.15) is 0 Å². The molecule has 0 saturated heterocycles. The van der Waals surface area contributed by atoms with Crippen LogP contribution in [0.3, 0.4) is 0 Å². The molecule has 0 unspecified atom stereocenters. The van der Waals surface area contributed by atoms with Crippen LogP contribution in [-0.4, -0.2) is 12.1 Å². The predicted octanol–water partition coefficient (Wildman–Crippen LogP) is 3.15. The van der Waals surface area contributed by atoms with Crippen molar-refractivity contribution in [1.82, 2.24) is 4.98 Å². The molecule has 0 spiro atoms. The van der Waals surface area contributed by atoms with Gasteiger partial charge in [0.2, 0.25) is 0 Å². The van der Waals surface area contributed by atoms with E-state index in [2.05, 4.69) is 20.9 Å². The van der Waals surface area contributed by atoms with Crippen LogP contribution in [0.15, 0.2) is 28.9 Å². The largest absolute Gasteiger partial charge is 0.496 e. The van der Waals surface area contributed by atoms with E-state index in [-0.39, 0.29) is 5.82 Å². The van der Waals surface area contributed by atoms with Crippen molar-refractivity contribution >= 4 is 26.8 Å². The van der Waals surface area contributed by atoms with Crippen LogP contribution < -0.4 is 4.74 Å². The first-order valence-corrected chi connectivity index (χ1v) is 4.79. The number of rotatable bonds is 1. The number of halogens is 2. The van der Waals surface area contributed by atoms with E-state index in [1.807, 2.05) is 0 Å². The topological polar surface area (TPSA) is 22.1 Å². The van der Waals surface area contributed by atoms with Gasteiger partial charge in [-0.1, -0.05) is 0 Å². The number of aromatic nitrogens is 1. The zero-order chi connectivity index (χ0) is 10.1. The molecule has 0 bridgehead atoms. The Bertz CT molecular complexity index is 487. The summed E-state index contributed by atoms with van der Waals surface area (Å²) in [7, 11) is 1.57. The average Bonchev–Trinajstić information content (AvgIpc) is 2.16. The van der Waals surface area contributed by atoms with Gasteiger partial charge in [0.05, 0.1) is 18.0 Å². The minimum absolute atomic E-state index is 0.315. The van der Waals surface area contributed by atoms with E-state index in [9.17, 15) is 4.39 Å². The van der Waals surface area contributed by atoms with E-state index in [1.54, 1.807) is 19.4 Å². The van der Waals surface area contributed by atoms with Crippen molar-refractivity contribution in [2.75, 3.05) is 7.11 Å². The lowest BCUT2D eigenvalue weighted by Crippen LogP contribution is -1.89. The molecule has 0 atom stereocenters. The normalized spacial score (nSPS) is 10.5. The molecule has 1 aromatic carbocycles. The van der Waals surface area contributed by atoms with Crippen molar-refractivity contribution in [3.05, 3.63) is 34.7 Å². The summed E-state index contributed by atoms with van der Waals surface area (Å²) in [5.41, 5.74) is 0.580. The van der Waals surface area contributed by atoms with E-state index in [4.69, 9.17) is 4.74 Å². The van der Waals surface area contributed by atoms with Crippen LogP contribution >= 0.6 is 15.9 Å². The highest BCUT2D eigenvalue weighted by atomic mass is 79.9. The highest BCUT2D eigenvalue weighted by Crippen LogP contribution is 2.31. The van der Waals surface area contributed by atoms with Gasteiger partial charge in [0.1, 0.15) is 11.6 Å². The number of nitrogens with zero attached hydrogens (tertiary/aromatic N) is 1. The molecule has 0 N–H and O–H groups in total. The Hall–Kier alpha value is -1.16.